The lowest BCUT2D eigenvalue weighted by molar-refractivity contribution is 0.560. The summed E-state index contributed by atoms with van der Waals surface area (Å²) < 4.78 is 7.52. The second-order valence-electron chi connectivity index (χ2n) is 7.05. The highest BCUT2D eigenvalue weighted by molar-refractivity contribution is 6.30. The predicted octanol–water partition coefficient (Wildman–Crippen LogP) is 3.48. The zero-order valence-corrected chi connectivity index (χ0v) is 16.2. The van der Waals surface area contributed by atoms with Crippen LogP contribution in [0.3, 0.4) is 0 Å². The fourth-order valence-electron chi connectivity index (χ4n) is 3.85. The Morgan fingerprint density at radius 2 is 1.96 bits per heavy atom. The number of fused-ring (bicyclic) bond motifs is 2. The molecule has 0 atom stereocenters. The quantitative estimate of drug-likeness (QED) is 0.527. The van der Waals surface area contributed by atoms with Crippen molar-refractivity contribution in [3.8, 4) is 11.3 Å². The Morgan fingerprint density at radius 1 is 1.14 bits per heavy atom. The van der Waals surface area contributed by atoms with Gasteiger partial charge in [0.2, 0.25) is 0 Å². The Labute approximate surface area is 166 Å². The molecule has 4 heterocycles. The molecular weight excluding hydrogens is 376 g/mol. The van der Waals surface area contributed by atoms with Crippen LogP contribution in [0.5, 0.6) is 0 Å². The van der Waals surface area contributed by atoms with Crippen LogP contribution in [0.1, 0.15) is 5.56 Å². The highest BCUT2D eigenvalue weighted by Crippen LogP contribution is 2.29. The summed E-state index contributed by atoms with van der Waals surface area (Å²) in [7, 11) is 0. The van der Waals surface area contributed by atoms with Gasteiger partial charge in [-0.05, 0) is 36.8 Å². The van der Waals surface area contributed by atoms with Crippen molar-refractivity contribution in [3.05, 3.63) is 63.7 Å². The average Bonchev–Trinajstić information content (AvgIpc) is 3.10. The van der Waals surface area contributed by atoms with Crippen molar-refractivity contribution >= 4 is 33.9 Å². The molecule has 142 valence electrons. The summed E-state index contributed by atoms with van der Waals surface area (Å²) in [5.41, 5.74) is 3.97. The van der Waals surface area contributed by atoms with Gasteiger partial charge in [-0.15, -0.1) is 0 Å². The van der Waals surface area contributed by atoms with Gasteiger partial charge in [-0.2, -0.15) is 0 Å². The predicted molar refractivity (Wildman–Crippen MR) is 111 cm³/mol. The van der Waals surface area contributed by atoms with Crippen molar-refractivity contribution in [1.82, 2.24) is 14.7 Å². The summed E-state index contributed by atoms with van der Waals surface area (Å²) in [5, 5.41) is 4.88. The number of hydrogen-bond acceptors (Lipinski definition) is 5. The lowest BCUT2D eigenvalue weighted by Gasteiger charge is -2.29. The maximum absolute atomic E-state index is 12.8. The van der Waals surface area contributed by atoms with Gasteiger partial charge in [-0.25, -0.2) is 9.78 Å². The summed E-state index contributed by atoms with van der Waals surface area (Å²) in [4.78, 5) is 19.7. The molecular formula is C21H19ClN4O2. The molecule has 6 nitrogen and oxygen atoms in total. The zero-order valence-electron chi connectivity index (χ0n) is 15.4. The van der Waals surface area contributed by atoms with Crippen LogP contribution in [0.2, 0.25) is 5.02 Å². The number of halogens is 1. The Kier molecular flexibility index (Phi) is 4.10. The van der Waals surface area contributed by atoms with Crippen LogP contribution in [0, 0.1) is 6.92 Å². The minimum Gasteiger partial charge on any atom is -0.422 e. The molecule has 1 aliphatic rings. The molecule has 0 spiro atoms. The van der Waals surface area contributed by atoms with E-state index >= 15 is 0 Å². The summed E-state index contributed by atoms with van der Waals surface area (Å²) in [6, 6.07) is 9.68. The maximum atomic E-state index is 12.8. The van der Waals surface area contributed by atoms with Gasteiger partial charge in [0.25, 0.3) is 0 Å². The van der Waals surface area contributed by atoms with E-state index in [1.807, 2.05) is 29.5 Å². The number of piperazine rings is 1. The summed E-state index contributed by atoms with van der Waals surface area (Å²) in [6.45, 7) is 5.74. The molecule has 3 aromatic heterocycles. The van der Waals surface area contributed by atoms with Gasteiger partial charge < -0.3 is 19.0 Å². The number of nitrogens with zero attached hydrogens (tertiary/aromatic N) is 3. The van der Waals surface area contributed by atoms with Crippen LogP contribution >= 0.6 is 11.6 Å². The monoisotopic (exact) mass is 394 g/mol. The van der Waals surface area contributed by atoms with Gasteiger partial charge in [-0.3, -0.25) is 0 Å². The van der Waals surface area contributed by atoms with Crippen molar-refractivity contribution in [2.24, 2.45) is 0 Å². The molecule has 1 saturated heterocycles. The van der Waals surface area contributed by atoms with E-state index in [9.17, 15) is 4.79 Å². The van der Waals surface area contributed by atoms with E-state index in [2.05, 4.69) is 21.3 Å². The molecule has 0 aliphatic carbocycles. The Balaban J connectivity index is 1.64. The highest BCUT2D eigenvalue weighted by atomic mass is 35.5. The topological polar surface area (TPSA) is 62.8 Å². The van der Waals surface area contributed by atoms with E-state index in [0.717, 1.165) is 48.5 Å². The zero-order chi connectivity index (χ0) is 19.3. The number of nitrogens with one attached hydrogen (secondary N) is 1. The number of imidazole rings is 1. The van der Waals surface area contributed by atoms with Crippen LogP contribution in [-0.4, -0.2) is 35.6 Å². The first-order valence-corrected chi connectivity index (χ1v) is 9.66. The van der Waals surface area contributed by atoms with Crippen molar-refractivity contribution in [3.63, 3.8) is 0 Å². The number of anilines is 1. The molecule has 5 rings (SSSR count). The third-order valence-electron chi connectivity index (χ3n) is 5.30. The SMILES string of the molecule is Cc1c(-c2cn3cc(Cl)ccc3n2)c(=O)oc2cc(N3CCNCC3)ccc12. The third-order valence-corrected chi connectivity index (χ3v) is 5.53. The first-order chi connectivity index (χ1) is 13.6. The van der Waals surface area contributed by atoms with Gasteiger partial charge in [0, 0.05) is 55.7 Å². The summed E-state index contributed by atoms with van der Waals surface area (Å²) in [5.74, 6) is 0. The maximum Gasteiger partial charge on any atom is 0.346 e. The molecule has 1 aromatic carbocycles. The molecule has 1 aliphatic heterocycles. The lowest BCUT2D eigenvalue weighted by Crippen LogP contribution is -2.43. The van der Waals surface area contributed by atoms with E-state index < -0.39 is 0 Å². The van der Waals surface area contributed by atoms with E-state index in [1.165, 1.54) is 0 Å². The molecule has 0 radical (unpaired) electrons. The van der Waals surface area contributed by atoms with Crippen LogP contribution < -0.4 is 15.8 Å². The van der Waals surface area contributed by atoms with Crippen molar-refractivity contribution in [2.45, 2.75) is 6.92 Å². The second kappa shape index (κ2) is 6.65. The molecule has 1 N–H and O–H groups in total. The third kappa shape index (κ3) is 2.85. The van der Waals surface area contributed by atoms with Crippen molar-refractivity contribution in [1.29, 1.82) is 0 Å². The molecule has 0 amide bonds. The molecule has 0 unspecified atom stereocenters. The van der Waals surface area contributed by atoms with Gasteiger partial charge >= 0.3 is 5.63 Å². The van der Waals surface area contributed by atoms with Crippen LogP contribution in [0.25, 0.3) is 27.9 Å². The molecule has 0 bridgehead atoms. The van der Waals surface area contributed by atoms with Crippen molar-refractivity contribution in [2.75, 3.05) is 31.1 Å². The van der Waals surface area contributed by atoms with Crippen LogP contribution in [0.15, 0.2) is 51.9 Å². The number of pyridine rings is 1. The number of rotatable bonds is 2. The molecule has 4 aromatic rings. The van der Waals surface area contributed by atoms with Gasteiger partial charge in [0.15, 0.2) is 0 Å². The second-order valence-corrected chi connectivity index (χ2v) is 7.48. The fourth-order valence-corrected chi connectivity index (χ4v) is 4.01. The van der Waals surface area contributed by atoms with Gasteiger partial charge in [0.05, 0.1) is 16.3 Å². The molecule has 1 fully saturated rings. The minimum absolute atomic E-state index is 0.378. The van der Waals surface area contributed by atoms with Gasteiger partial charge in [-0.1, -0.05) is 11.6 Å². The largest absolute Gasteiger partial charge is 0.422 e. The lowest BCUT2D eigenvalue weighted by atomic mass is 10.0. The Morgan fingerprint density at radius 3 is 2.79 bits per heavy atom. The smallest absolute Gasteiger partial charge is 0.346 e. The van der Waals surface area contributed by atoms with Crippen molar-refractivity contribution < 1.29 is 4.42 Å². The molecule has 28 heavy (non-hydrogen) atoms. The first-order valence-electron chi connectivity index (χ1n) is 9.28. The normalized spacial score (nSPS) is 14.9. The van der Waals surface area contributed by atoms with Crippen LogP contribution in [0.4, 0.5) is 5.69 Å². The standard InChI is InChI=1S/C21H19ClN4O2/c1-13-16-4-3-15(25-8-6-23-7-9-25)10-18(16)28-21(27)20(13)17-12-26-11-14(22)2-5-19(26)24-17/h2-5,10-12,23H,6-9H2,1H3. The van der Waals surface area contributed by atoms with E-state index in [0.29, 0.717) is 21.9 Å². The van der Waals surface area contributed by atoms with E-state index in [4.69, 9.17) is 16.0 Å². The number of benzene rings is 1. The Hall–Kier alpha value is -2.83. The van der Waals surface area contributed by atoms with Gasteiger partial charge in [0.1, 0.15) is 11.2 Å². The molecule has 7 heteroatoms. The summed E-state index contributed by atoms with van der Waals surface area (Å²) >= 11 is 6.06. The molecule has 0 saturated carbocycles. The van der Waals surface area contributed by atoms with E-state index in [1.54, 1.807) is 18.5 Å². The Bertz CT molecular complexity index is 1250. The highest BCUT2D eigenvalue weighted by Gasteiger charge is 2.18. The number of aromatic nitrogens is 2. The average molecular weight is 395 g/mol. The number of hydrogen-bond donors (Lipinski definition) is 1. The fraction of sp³-hybridized carbons (Fsp3) is 0.238. The first kappa shape index (κ1) is 17.3. The van der Waals surface area contributed by atoms with E-state index in [-0.39, 0.29) is 5.63 Å². The van der Waals surface area contributed by atoms with Crippen LogP contribution in [-0.2, 0) is 0 Å². The summed E-state index contributed by atoms with van der Waals surface area (Å²) in [6.07, 6.45) is 3.58. The minimum atomic E-state index is -0.378. The number of aryl methyl sites for hydroxylation is 1.